The van der Waals surface area contributed by atoms with Gasteiger partial charge in [-0.2, -0.15) is 9.41 Å². The molecule has 1 aromatic heterocycles. The summed E-state index contributed by atoms with van der Waals surface area (Å²) in [6, 6.07) is 9.64. The molecule has 1 aromatic carbocycles. The number of hydrazone groups is 1. The molecule has 0 atom stereocenters. The smallest absolute Gasteiger partial charge is 0.255 e. The second-order valence-electron chi connectivity index (χ2n) is 5.33. The van der Waals surface area contributed by atoms with Crippen LogP contribution in [0.3, 0.4) is 0 Å². The van der Waals surface area contributed by atoms with Crippen molar-refractivity contribution in [1.82, 2.24) is 14.7 Å². The first-order valence-electron chi connectivity index (χ1n) is 7.79. The molecule has 1 N–H and O–H groups in total. The van der Waals surface area contributed by atoms with E-state index in [9.17, 15) is 13.2 Å². The number of methoxy groups -OCH3 is 2. The zero-order valence-electron chi connectivity index (χ0n) is 15.1. The van der Waals surface area contributed by atoms with Crippen molar-refractivity contribution in [3.63, 3.8) is 0 Å². The van der Waals surface area contributed by atoms with Crippen LogP contribution in [-0.4, -0.2) is 57.6 Å². The summed E-state index contributed by atoms with van der Waals surface area (Å²) in [5.41, 5.74) is 2.82. The van der Waals surface area contributed by atoms with Crippen LogP contribution in [0.5, 0.6) is 11.5 Å². The topological polar surface area (TPSA) is 110 Å². The molecule has 0 bridgehead atoms. The average Bonchev–Trinajstić information content (AvgIpc) is 2.68. The molecule has 0 aliphatic carbocycles. The molecule has 0 saturated carbocycles. The summed E-state index contributed by atoms with van der Waals surface area (Å²) in [7, 11) is 0.0912. The van der Waals surface area contributed by atoms with Gasteiger partial charge < -0.3 is 9.47 Å². The number of ether oxygens (including phenoxy) is 2. The molecule has 27 heavy (non-hydrogen) atoms. The lowest BCUT2D eigenvalue weighted by molar-refractivity contribution is -0.121. The molecule has 9 nitrogen and oxygen atoms in total. The zero-order valence-corrected chi connectivity index (χ0v) is 15.9. The molecular formula is C17H20N4O5S. The Hall–Kier alpha value is -2.98. The SMILES string of the molecule is COc1ccc(OC)c(S(=O)(=O)N(C)CC(=O)N/N=C/c2ccccn2)c1. The Morgan fingerprint density at radius 3 is 2.67 bits per heavy atom. The van der Waals surface area contributed by atoms with Crippen molar-refractivity contribution in [2.45, 2.75) is 4.90 Å². The minimum absolute atomic E-state index is 0.100. The predicted octanol–water partition coefficient (Wildman–Crippen LogP) is 0.870. The molecular weight excluding hydrogens is 372 g/mol. The predicted molar refractivity (Wildman–Crippen MR) is 99.3 cm³/mol. The first kappa shape index (κ1) is 20.3. The third kappa shape index (κ3) is 5.25. The van der Waals surface area contributed by atoms with Gasteiger partial charge in [0.2, 0.25) is 10.0 Å². The summed E-state index contributed by atoms with van der Waals surface area (Å²) in [6.07, 6.45) is 2.95. The van der Waals surface area contributed by atoms with E-state index >= 15 is 0 Å². The van der Waals surface area contributed by atoms with Gasteiger partial charge in [-0.25, -0.2) is 13.8 Å². The second-order valence-corrected chi connectivity index (χ2v) is 7.34. The van der Waals surface area contributed by atoms with Gasteiger partial charge in [-0.1, -0.05) is 6.07 Å². The number of sulfonamides is 1. The lowest BCUT2D eigenvalue weighted by Crippen LogP contribution is -2.36. The summed E-state index contributed by atoms with van der Waals surface area (Å²) < 4.78 is 36.6. The first-order chi connectivity index (χ1) is 12.9. The van der Waals surface area contributed by atoms with Crippen LogP contribution in [0.4, 0.5) is 0 Å². The molecule has 0 aliphatic heterocycles. The second kappa shape index (κ2) is 9.10. The van der Waals surface area contributed by atoms with E-state index in [0.29, 0.717) is 11.4 Å². The highest BCUT2D eigenvalue weighted by Gasteiger charge is 2.27. The van der Waals surface area contributed by atoms with Crippen LogP contribution in [0.1, 0.15) is 5.69 Å². The van der Waals surface area contributed by atoms with Gasteiger partial charge in [-0.05, 0) is 24.3 Å². The summed E-state index contributed by atoms with van der Waals surface area (Å²) >= 11 is 0. The van der Waals surface area contributed by atoms with Crippen LogP contribution in [-0.2, 0) is 14.8 Å². The van der Waals surface area contributed by atoms with E-state index in [1.54, 1.807) is 30.5 Å². The minimum Gasteiger partial charge on any atom is -0.497 e. The van der Waals surface area contributed by atoms with Crippen molar-refractivity contribution in [2.75, 3.05) is 27.8 Å². The van der Waals surface area contributed by atoms with Crippen molar-refractivity contribution in [3.05, 3.63) is 48.3 Å². The van der Waals surface area contributed by atoms with E-state index in [4.69, 9.17) is 9.47 Å². The standard InChI is InChI=1S/C17H20N4O5S/c1-21(12-17(22)20-19-11-13-6-4-5-9-18-13)27(23,24)16-10-14(25-2)7-8-15(16)26-3/h4-11H,12H2,1-3H3,(H,20,22)/b19-11+. The first-order valence-corrected chi connectivity index (χ1v) is 9.23. The zero-order chi connectivity index (χ0) is 19.9. The largest absolute Gasteiger partial charge is 0.497 e. The fourth-order valence-corrected chi connectivity index (χ4v) is 3.39. The molecule has 0 radical (unpaired) electrons. The fraction of sp³-hybridized carbons (Fsp3) is 0.235. The van der Waals surface area contributed by atoms with Crippen LogP contribution in [0.25, 0.3) is 0 Å². The van der Waals surface area contributed by atoms with Crippen LogP contribution in [0, 0.1) is 0 Å². The Labute approximate surface area is 157 Å². The lowest BCUT2D eigenvalue weighted by Gasteiger charge is -2.18. The highest BCUT2D eigenvalue weighted by atomic mass is 32.2. The van der Waals surface area contributed by atoms with Crippen molar-refractivity contribution in [2.24, 2.45) is 5.10 Å². The number of nitrogens with one attached hydrogen (secondary N) is 1. The summed E-state index contributed by atoms with van der Waals surface area (Å²) in [4.78, 5) is 15.9. The Morgan fingerprint density at radius 2 is 2.04 bits per heavy atom. The number of likely N-dealkylation sites (N-methyl/N-ethyl adjacent to an activating group) is 1. The molecule has 2 aromatic rings. The van der Waals surface area contributed by atoms with Crippen LogP contribution >= 0.6 is 0 Å². The summed E-state index contributed by atoms with van der Waals surface area (Å²) in [5.74, 6) is -0.0986. The maximum atomic E-state index is 12.8. The molecule has 10 heteroatoms. The lowest BCUT2D eigenvalue weighted by atomic mass is 10.3. The number of hydrogen-bond acceptors (Lipinski definition) is 7. The van der Waals surface area contributed by atoms with E-state index in [-0.39, 0.29) is 10.6 Å². The van der Waals surface area contributed by atoms with Crippen molar-refractivity contribution in [3.8, 4) is 11.5 Å². The van der Waals surface area contributed by atoms with Gasteiger partial charge in [-0.3, -0.25) is 9.78 Å². The number of amides is 1. The average molecular weight is 392 g/mol. The fourth-order valence-electron chi connectivity index (χ4n) is 2.10. The van der Waals surface area contributed by atoms with Gasteiger partial charge in [0.25, 0.3) is 5.91 Å². The molecule has 0 spiro atoms. The van der Waals surface area contributed by atoms with E-state index in [2.05, 4.69) is 15.5 Å². The van der Waals surface area contributed by atoms with Gasteiger partial charge in [0.1, 0.15) is 16.4 Å². The highest BCUT2D eigenvalue weighted by Crippen LogP contribution is 2.29. The number of carbonyl (C=O) groups excluding carboxylic acids is 1. The number of carbonyl (C=O) groups is 1. The Bertz CT molecular complexity index is 916. The molecule has 0 aliphatic rings. The summed E-state index contributed by atoms with van der Waals surface area (Å²) in [6.45, 7) is -0.428. The van der Waals surface area contributed by atoms with Gasteiger partial charge >= 0.3 is 0 Å². The maximum Gasteiger partial charge on any atom is 0.255 e. The van der Waals surface area contributed by atoms with E-state index in [1.165, 1.54) is 39.6 Å². The third-order valence-electron chi connectivity index (χ3n) is 3.50. The van der Waals surface area contributed by atoms with E-state index in [1.807, 2.05) is 0 Å². The monoisotopic (exact) mass is 392 g/mol. The maximum absolute atomic E-state index is 12.8. The molecule has 1 amide bonds. The number of hydrogen-bond donors (Lipinski definition) is 1. The van der Waals surface area contributed by atoms with Crippen molar-refractivity contribution in [1.29, 1.82) is 0 Å². The molecule has 0 fully saturated rings. The number of aromatic nitrogens is 1. The van der Waals surface area contributed by atoms with Crippen molar-refractivity contribution < 1.29 is 22.7 Å². The Balaban J connectivity index is 2.08. The van der Waals surface area contributed by atoms with Gasteiger partial charge in [0.15, 0.2) is 0 Å². The molecule has 144 valence electrons. The van der Waals surface area contributed by atoms with E-state index < -0.39 is 22.5 Å². The quantitative estimate of drug-likeness (QED) is 0.527. The minimum atomic E-state index is -3.98. The van der Waals surface area contributed by atoms with Gasteiger partial charge in [0.05, 0.1) is 32.7 Å². The Kier molecular flexibility index (Phi) is 6.85. The number of benzene rings is 1. The Morgan fingerprint density at radius 1 is 1.26 bits per heavy atom. The van der Waals surface area contributed by atoms with Gasteiger partial charge in [-0.15, -0.1) is 0 Å². The normalized spacial score (nSPS) is 11.6. The molecule has 2 rings (SSSR count). The van der Waals surface area contributed by atoms with Crippen LogP contribution in [0.15, 0.2) is 52.6 Å². The van der Waals surface area contributed by atoms with E-state index in [0.717, 1.165) is 4.31 Å². The molecule has 0 unspecified atom stereocenters. The number of rotatable bonds is 8. The molecule has 1 heterocycles. The van der Waals surface area contributed by atoms with Gasteiger partial charge in [0, 0.05) is 19.3 Å². The number of nitrogens with zero attached hydrogens (tertiary/aromatic N) is 3. The molecule has 0 saturated heterocycles. The van der Waals surface area contributed by atoms with Crippen LogP contribution in [0.2, 0.25) is 0 Å². The summed E-state index contributed by atoms with van der Waals surface area (Å²) in [5, 5.41) is 3.76. The number of pyridine rings is 1. The third-order valence-corrected chi connectivity index (χ3v) is 5.32. The van der Waals surface area contributed by atoms with Crippen molar-refractivity contribution >= 4 is 22.1 Å². The highest BCUT2D eigenvalue weighted by molar-refractivity contribution is 7.89. The van der Waals surface area contributed by atoms with Crippen LogP contribution < -0.4 is 14.9 Å².